The second-order valence-electron chi connectivity index (χ2n) is 5.55. The average molecular weight is 458 g/mol. The number of nitrogens with zero attached hydrogens (tertiary/aromatic N) is 2. The van der Waals surface area contributed by atoms with Gasteiger partial charge in [0.25, 0.3) is 0 Å². The van der Waals surface area contributed by atoms with E-state index in [1.165, 1.54) is 0 Å². The van der Waals surface area contributed by atoms with Gasteiger partial charge >= 0.3 is 0 Å². The minimum Gasteiger partial charge on any atom is -0.486 e. The summed E-state index contributed by atoms with van der Waals surface area (Å²) in [5, 5.41) is 6.40. The second-order valence-corrected chi connectivity index (χ2v) is 5.55. The van der Waals surface area contributed by atoms with Gasteiger partial charge in [-0.05, 0) is 26.0 Å². The van der Waals surface area contributed by atoms with Gasteiger partial charge in [0.05, 0.1) is 18.8 Å². The first-order chi connectivity index (χ1) is 11.7. The van der Waals surface area contributed by atoms with Crippen LogP contribution in [0.25, 0.3) is 0 Å². The van der Waals surface area contributed by atoms with Gasteiger partial charge in [0.15, 0.2) is 17.5 Å². The fourth-order valence-corrected chi connectivity index (χ4v) is 2.37. The van der Waals surface area contributed by atoms with Crippen molar-refractivity contribution < 1.29 is 13.9 Å². The van der Waals surface area contributed by atoms with Gasteiger partial charge in [-0.3, -0.25) is 4.99 Å². The van der Waals surface area contributed by atoms with Crippen molar-refractivity contribution in [2.24, 2.45) is 4.99 Å². The first-order valence-electron chi connectivity index (χ1n) is 7.91. The molecular formula is C17H23IN4O3. The van der Waals surface area contributed by atoms with Crippen molar-refractivity contribution in [3.05, 3.63) is 41.6 Å². The number of fused-ring (bicyclic) bond motifs is 1. The van der Waals surface area contributed by atoms with Crippen molar-refractivity contribution >= 4 is 29.9 Å². The smallest absolute Gasteiger partial charge is 0.214 e. The molecule has 1 aromatic carbocycles. The van der Waals surface area contributed by atoms with Crippen LogP contribution < -0.4 is 20.1 Å². The lowest BCUT2D eigenvalue weighted by atomic mass is 10.2. The summed E-state index contributed by atoms with van der Waals surface area (Å²) in [7, 11) is 1.72. The maximum atomic E-state index is 5.91. The number of hydrogen-bond donors (Lipinski definition) is 2. The summed E-state index contributed by atoms with van der Waals surface area (Å²) in [5.41, 5.74) is 0.904. The summed E-state index contributed by atoms with van der Waals surface area (Å²) in [5.74, 6) is 3.68. The van der Waals surface area contributed by atoms with Crippen molar-refractivity contribution in [3.8, 4) is 11.5 Å². The van der Waals surface area contributed by atoms with E-state index in [4.69, 9.17) is 13.9 Å². The molecular weight excluding hydrogens is 435 g/mol. The van der Waals surface area contributed by atoms with Gasteiger partial charge in [0, 0.05) is 7.05 Å². The Balaban J connectivity index is 0.00000225. The number of hydrogen-bond acceptors (Lipinski definition) is 5. The van der Waals surface area contributed by atoms with E-state index in [0.717, 1.165) is 23.0 Å². The minimum atomic E-state index is -0.0790. The van der Waals surface area contributed by atoms with E-state index in [9.17, 15) is 0 Å². The van der Waals surface area contributed by atoms with Gasteiger partial charge in [-0.2, -0.15) is 0 Å². The molecule has 7 nitrogen and oxygen atoms in total. The third-order valence-electron chi connectivity index (χ3n) is 3.77. The molecule has 1 aliphatic heterocycles. The Labute approximate surface area is 164 Å². The monoisotopic (exact) mass is 458 g/mol. The SMILES string of the molecule is CN=C(NCc1nc(C)c(C)o1)NCC1COc2ccccc2O1.I. The first-order valence-corrected chi connectivity index (χ1v) is 7.91. The number of aromatic nitrogens is 1. The first kappa shape index (κ1) is 19.4. The molecule has 2 aromatic rings. The standard InChI is InChI=1S/C17H22N4O3.HI/c1-11-12(2)23-16(21-11)9-20-17(18-3)19-8-13-10-22-14-6-4-5-7-15(14)24-13;/h4-7,13H,8-10H2,1-3H3,(H2,18,19,20);1H. The van der Waals surface area contributed by atoms with E-state index in [2.05, 4.69) is 20.6 Å². The van der Waals surface area contributed by atoms with Crippen LogP contribution in [0.3, 0.4) is 0 Å². The zero-order valence-electron chi connectivity index (χ0n) is 14.5. The molecule has 1 aliphatic rings. The summed E-state index contributed by atoms with van der Waals surface area (Å²) in [6, 6.07) is 7.67. The number of aryl methyl sites for hydroxylation is 2. The van der Waals surface area contributed by atoms with Crippen LogP contribution in [-0.2, 0) is 6.54 Å². The van der Waals surface area contributed by atoms with Crippen LogP contribution in [0.4, 0.5) is 0 Å². The molecule has 2 N–H and O–H groups in total. The summed E-state index contributed by atoms with van der Waals surface area (Å²) < 4.78 is 17.1. The topological polar surface area (TPSA) is 80.9 Å². The maximum absolute atomic E-state index is 5.91. The van der Waals surface area contributed by atoms with Gasteiger partial charge in [0.2, 0.25) is 5.89 Å². The lowest BCUT2D eigenvalue weighted by Gasteiger charge is -2.27. The number of rotatable bonds is 4. The predicted octanol–water partition coefficient (Wildman–Crippen LogP) is 2.41. The number of oxazole rings is 1. The predicted molar refractivity (Wildman–Crippen MR) is 106 cm³/mol. The Kier molecular flexibility index (Phi) is 6.91. The molecule has 0 radical (unpaired) electrons. The van der Waals surface area contributed by atoms with Crippen molar-refractivity contribution in [3.63, 3.8) is 0 Å². The molecule has 136 valence electrons. The molecule has 3 rings (SSSR count). The highest BCUT2D eigenvalue weighted by molar-refractivity contribution is 14.0. The number of aliphatic imine (C=N–C) groups is 1. The number of ether oxygens (including phenoxy) is 2. The van der Waals surface area contributed by atoms with Crippen LogP contribution >= 0.6 is 24.0 Å². The van der Waals surface area contributed by atoms with Crippen LogP contribution in [-0.4, -0.2) is 37.2 Å². The van der Waals surface area contributed by atoms with Gasteiger partial charge in [-0.1, -0.05) is 12.1 Å². The second kappa shape index (κ2) is 8.93. The highest BCUT2D eigenvalue weighted by Crippen LogP contribution is 2.30. The lowest BCUT2D eigenvalue weighted by Crippen LogP contribution is -2.45. The largest absolute Gasteiger partial charge is 0.486 e. The van der Waals surface area contributed by atoms with Crippen LogP contribution in [0.15, 0.2) is 33.7 Å². The fourth-order valence-electron chi connectivity index (χ4n) is 2.37. The van der Waals surface area contributed by atoms with Gasteiger partial charge < -0.3 is 24.5 Å². The number of guanidine groups is 1. The number of para-hydroxylation sites is 2. The van der Waals surface area contributed by atoms with Crippen molar-refractivity contribution in [1.82, 2.24) is 15.6 Å². The number of nitrogens with one attached hydrogen (secondary N) is 2. The van der Waals surface area contributed by atoms with E-state index in [0.29, 0.717) is 31.5 Å². The highest BCUT2D eigenvalue weighted by atomic mass is 127. The maximum Gasteiger partial charge on any atom is 0.214 e. The zero-order valence-corrected chi connectivity index (χ0v) is 16.9. The van der Waals surface area contributed by atoms with Crippen molar-refractivity contribution in [1.29, 1.82) is 0 Å². The molecule has 0 bridgehead atoms. The summed E-state index contributed by atoms with van der Waals surface area (Å²) in [4.78, 5) is 8.52. The number of halogens is 1. The van der Waals surface area contributed by atoms with E-state index in [1.807, 2.05) is 38.1 Å². The Morgan fingerprint density at radius 1 is 1.24 bits per heavy atom. The summed E-state index contributed by atoms with van der Waals surface area (Å²) in [6.07, 6.45) is -0.0790. The van der Waals surface area contributed by atoms with Gasteiger partial charge in [-0.15, -0.1) is 24.0 Å². The van der Waals surface area contributed by atoms with Crippen LogP contribution in [0, 0.1) is 13.8 Å². The molecule has 0 saturated carbocycles. The molecule has 0 amide bonds. The summed E-state index contributed by atoms with van der Waals surface area (Å²) in [6.45, 7) is 5.38. The molecule has 1 atom stereocenters. The van der Waals surface area contributed by atoms with Crippen LogP contribution in [0.1, 0.15) is 17.3 Å². The van der Waals surface area contributed by atoms with Crippen molar-refractivity contribution in [2.75, 3.05) is 20.2 Å². The van der Waals surface area contributed by atoms with Crippen molar-refractivity contribution in [2.45, 2.75) is 26.5 Å². The number of benzene rings is 1. The molecule has 2 heterocycles. The van der Waals surface area contributed by atoms with Crippen LogP contribution in [0.5, 0.6) is 11.5 Å². The van der Waals surface area contributed by atoms with Gasteiger partial charge in [0.1, 0.15) is 18.5 Å². The quantitative estimate of drug-likeness (QED) is 0.416. The van der Waals surface area contributed by atoms with E-state index >= 15 is 0 Å². The Morgan fingerprint density at radius 2 is 2.00 bits per heavy atom. The lowest BCUT2D eigenvalue weighted by molar-refractivity contribution is 0.0936. The van der Waals surface area contributed by atoms with E-state index in [1.54, 1.807) is 7.05 Å². The normalized spacial score (nSPS) is 16.1. The molecule has 1 unspecified atom stereocenters. The van der Waals surface area contributed by atoms with Gasteiger partial charge in [-0.25, -0.2) is 4.98 Å². The van der Waals surface area contributed by atoms with E-state index in [-0.39, 0.29) is 30.1 Å². The molecule has 8 heteroatoms. The Bertz CT molecular complexity index is 713. The Morgan fingerprint density at radius 3 is 2.68 bits per heavy atom. The third-order valence-corrected chi connectivity index (χ3v) is 3.77. The zero-order chi connectivity index (χ0) is 16.9. The molecule has 1 aromatic heterocycles. The molecule has 0 fully saturated rings. The fraction of sp³-hybridized carbons (Fsp3) is 0.412. The molecule has 0 saturated heterocycles. The van der Waals surface area contributed by atoms with E-state index < -0.39 is 0 Å². The third kappa shape index (κ3) is 5.00. The summed E-state index contributed by atoms with van der Waals surface area (Å²) >= 11 is 0. The highest BCUT2D eigenvalue weighted by Gasteiger charge is 2.20. The molecule has 0 aliphatic carbocycles. The molecule has 0 spiro atoms. The van der Waals surface area contributed by atoms with Crippen LogP contribution in [0.2, 0.25) is 0 Å². The average Bonchev–Trinajstić information content (AvgIpc) is 2.93. The minimum absolute atomic E-state index is 0. The molecule has 25 heavy (non-hydrogen) atoms. The Hall–Kier alpha value is -1.97.